The minimum atomic E-state index is 0.413. The Kier molecular flexibility index (Phi) is 6.57. The van der Waals surface area contributed by atoms with Crippen LogP contribution in [0.25, 0.3) is 0 Å². The van der Waals surface area contributed by atoms with E-state index in [-0.39, 0.29) is 0 Å². The standard InChI is InChI=1S/C9H21NO/c1-5-6-9(3)11-7-8(2)10-4/h8-10H,5-7H2,1-4H3. The van der Waals surface area contributed by atoms with Gasteiger partial charge in [-0.3, -0.25) is 0 Å². The van der Waals surface area contributed by atoms with Crippen molar-refractivity contribution in [3.63, 3.8) is 0 Å². The van der Waals surface area contributed by atoms with Gasteiger partial charge in [-0.25, -0.2) is 0 Å². The van der Waals surface area contributed by atoms with Crippen LogP contribution in [0.4, 0.5) is 0 Å². The first-order valence-electron chi connectivity index (χ1n) is 4.49. The van der Waals surface area contributed by atoms with E-state index in [9.17, 15) is 0 Å². The van der Waals surface area contributed by atoms with E-state index in [0.717, 1.165) is 13.0 Å². The van der Waals surface area contributed by atoms with Crippen LogP contribution in [0.5, 0.6) is 0 Å². The summed E-state index contributed by atoms with van der Waals surface area (Å²) in [7, 11) is 1.96. The van der Waals surface area contributed by atoms with Gasteiger partial charge in [-0.05, 0) is 27.3 Å². The summed E-state index contributed by atoms with van der Waals surface area (Å²) in [6, 6.07) is 0.467. The monoisotopic (exact) mass is 159 g/mol. The van der Waals surface area contributed by atoms with E-state index >= 15 is 0 Å². The Labute approximate surface area is 70.3 Å². The van der Waals surface area contributed by atoms with E-state index < -0.39 is 0 Å². The van der Waals surface area contributed by atoms with Crippen molar-refractivity contribution in [1.82, 2.24) is 5.32 Å². The first-order chi connectivity index (χ1) is 5.20. The van der Waals surface area contributed by atoms with Crippen LogP contribution in [0, 0.1) is 0 Å². The largest absolute Gasteiger partial charge is 0.377 e. The van der Waals surface area contributed by atoms with Gasteiger partial charge in [0.05, 0.1) is 12.7 Å². The molecule has 0 heterocycles. The minimum absolute atomic E-state index is 0.413. The van der Waals surface area contributed by atoms with Gasteiger partial charge in [-0.1, -0.05) is 13.3 Å². The third-order valence-corrected chi connectivity index (χ3v) is 1.82. The lowest BCUT2D eigenvalue weighted by Crippen LogP contribution is -2.28. The molecule has 68 valence electrons. The van der Waals surface area contributed by atoms with Gasteiger partial charge in [-0.15, -0.1) is 0 Å². The molecule has 0 saturated heterocycles. The normalized spacial score (nSPS) is 16.4. The third-order valence-electron chi connectivity index (χ3n) is 1.82. The molecule has 0 aromatic heterocycles. The highest BCUT2D eigenvalue weighted by molar-refractivity contribution is 4.56. The minimum Gasteiger partial charge on any atom is -0.377 e. The molecule has 11 heavy (non-hydrogen) atoms. The fraction of sp³-hybridized carbons (Fsp3) is 1.00. The number of hydrogen-bond acceptors (Lipinski definition) is 2. The molecule has 0 aliphatic rings. The van der Waals surface area contributed by atoms with Gasteiger partial charge in [0.25, 0.3) is 0 Å². The zero-order valence-electron chi connectivity index (χ0n) is 8.18. The van der Waals surface area contributed by atoms with Crippen molar-refractivity contribution in [3.05, 3.63) is 0 Å². The van der Waals surface area contributed by atoms with E-state index in [0.29, 0.717) is 12.1 Å². The van der Waals surface area contributed by atoms with Gasteiger partial charge >= 0.3 is 0 Å². The average molecular weight is 159 g/mol. The molecule has 0 aliphatic carbocycles. The first-order valence-corrected chi connectivity index (χ1v) is 4.49. The Morgan fingerprint density at radius 2 is 2.00 bits per heavy atom. The number of rotatable bonds is 6. The van der Waals surface area contributed by atoms with Crippen LogP contribution in [0.15, 0.2) is 0 Å². The molecule has 0 radical (unpaired) electrons. The van der Waals surface area contributed by atoms with Gasteiger partial charge < -0.3 is 10.1 Å². The van der Waals surface area contributed by atoms with Crippen molar-refractivity contribution in [2.45, 2.75) is 45.8 Å². The number of ether oxygens (including phenoxy) is 1. The highest BCUT2D eigenvalue weighted by Gasteiger charge is 2.02. The third kappa shape index (κ3) is 6.32. The van der Waals surface area contributed by atoms with E-state index in [1.165, 1.54) is 6.42 Å². The Hall–Kier alpha value is -0.0800. The van der Waals surface area contributed by atoms with Crippen molar-refractivity contribution in [1.29, 1.82) is 0 Å². The van der Waals surface area contributed by atoms with Gasteiger partial charge in [0.2, 0.25) is 0 Å². The van der Waals surface area contributed by atoms with Gasteiger partial charge in [0, 0.05) is 6.04 Å². The molecule has 0 rings (SSSR count). The summed E-state index contributed by atoms with van der Waals surface area (Å²) in [6.45, 7) is 7.25. The van der Waals surface area contributed by atoms with Crippen molar-refractivity contribution < 1.29 is 4.74 Å². The molecule has 0 aromatic carbocycles. The molecule has 2 heteroatoms. The van der Waals surface area contributed by atoms with Crippen LogP contribution in [-0.2, 0) is 4.74 Å². The molecule has 2 nitrogen and oxygen atoms in total. The van der Waals surface area contributed by atoms with Crippen LogP contribution in [0.1, 0.15) is 33.6 Å². The Morgan fingerprint density at radius 1 is 1.36 bits per heavy atom. The molecule has 0 bridgehead atoms. The Balaban J connectivity index is 3.22. The van der Waals surface area contributed by atoms with Crippen LogP contribution in [0.3, 0.4) is 0 Å². The predicted molar refractivity (Wildman–Crippen MR) is 48.8 cm³/mol. The number of nitrogens with one attached hydrogen (secondary N) is 1. The zero-order chi connectivity index (χ0) is 8.69. The first kappa shape index (κ1) is 10.9. The molecule has 1 N–H and O–H groups in total. The summed E-state index contributed by atoms with van der Waals surface area (Å²) in [4.78, 5) is 0. The number of likely N-dealkylation sites (N-methyl/N-ethyl adjacent to an activating group) is 1. The van der Waals surface area contributed by atoms with Crippen LogP contribution < -0.4 is 5.32 Å². The molecule has 2 atom stereocenters. The maximum Gasteiger partial charge on any atom is 0.0620 e. The molecular formula is C9H21NO. The second-order valence-corrected chi connectivity index (χ2v) is 3.12. The van der Waals surface area contributed by atoms with Gasteiger partial charge in [0.15, 0.2) is 0 Å². The maximum atomic E-state index is 5.57. The lowest BCUT2D eigenvalue weighted by molar-refractivity contribution is 0.0484. The Bertz CT molecular complexity index is 85.6. The van der Waals surface area contributed by atoms with Crippen molar-refractivity contribution >= 4 is 0 Å². The van der Waals surface area contributed by atoms with E-state index in [4.69, 9.17) is 4.74 Å². The SMILES string of the molecule is CCCC(C)OCC(C)NC. The molecule has 0 saturated carbocycles. The smallest absolute Gasteiger partial charge is 0.0620 e. The summed E-state index contributed by atoms with van der Waals surface area (Å²) >= 11 is 0. The second-order valence-electron chi connectivity index (χ2n) is 3.12. The van der Waals surface area contributed by atoms with E-state index in [1.54, 1.807) is 0 Å². The molecule has 0 aromatic rings. The molecule has 0 fully saturated rings. The lowest BCUT2D eigenvalue weighted by Gasteiger charge is -2.15. The van der Waals surface area contributed by atoms with Crippen molar-refractivity contribution in [2.75, 3.05) is 13.7 Å². The molecule has 0 spiro atoms. The molecular weight excluding hydrogens is 138 g/mol. The van der Waals surface area contributed by atoms with E-state index in [2.05, 4.69) is 26.1 Å². The van der Waals surface area contributed by atoms with Crippen LogP contribution in [0.2, 0.25) is 0 Å². The summed E-state index contributed by atoms with van der Waals surface area (Å²) < 4.78 is 5.57. The molecule has 0 amide bonds. The maximum absolute atomic E-state index is 5.57. The number of hydrogen-bond donors (Lipinski definition) is 1. The van der Waals surface area contributed by atoms with Crippen LogP contribution >= 0.6 is 0 Å². The zero-order valence-corrected chi connectivity index (χ0v) is 8.18. The summed E-state index contributed by atoms with van der Waals surface area (Å²) in [6.07, 6.45) is 2.78. The molecule has 2 unspecified atom stereocenters. The average Bonchev–Trinajstić information content (AvgIpc) is 2.01. The summed E-state index contributed by atoms with van der Waals surface area (Å²) in [5, 5.41) is 3.14. The van der Waals surface area contributed by atoms with Gasteiger partial charge in [-0.2, -0.15) is 0 Å². The molecule has 0 aliphatic heterocycles. The summed E-state index contributed by atoms with van der Waals surface area (Å²) in [5.74, 6) is 0. The van der Waals surface area contributed by atoms with Crippen molar-refractivity contribution in [3.8, 4) is 0 Å². The highest BCUT2D eigenvalue weighted by atomic mass is 16.5. The topological polar surface area (TPSA) is 21.3 Å². The second kappa shape index (κ2) is 6.62. The van der Waals surface area contributed by atoms with Gasteiger partial charge in [0.1, 0.15) is 0 Å². The Morgan fingerprint density at radius 3 is 2.45 bits per heavy atom. The van der Waals surface area contributed by atoms with E-state index in [1.807, 2.05) is 7.05 Å². The fourth-order valence-electron chi connectivity index (χ4n) is 0.882. The predicted octanol–water partition coefficient (Wildman–Crippen LogP) is 1.80. The fourth-order valence-corrected chi connectivity index (χ4v) is 0.882. The van der Waals surface area contributed by atoms with Crippen LogP contribution in [-0.4, -0.2) is 25.8 Å². The van der Waals surface area contributed by atoms with Crippen molar-refractivity contribution in [2.24, 2.45) is 0 Å². The quantitative estimate of drug-likeness (QED) is 0.638. The lowest BCUT2D eigenvalue weighted by atomic mass is 10.2. The highest BCUT2D eigenvalue weighted by Crippen LogP contribution is 2.00. The summed E-state index contributed by atoms with van der Waals surface area (Å²) in [5.41, 5.74) is 0.